The molecule has 0 fully saturated rings. The second-order valence-corrected chi connectivity index (χ2v) is 3.89. The third-order valence-electron chi connectivity index (χ3n) is 2.13. The number of benzene rings is 1. The summed E-state index contributed by atoms with van der Waals surface area (Å²) in [6, 6.07) is 7.55. The maximum absolute atomic E-state index is 5.92. The fourth-order valence-corrected chi connectivity index (χ4v) is 1.58. The van der Waals surface area contributed by atoms with Crippen molar-refractivity contribution in [1.29, 1.82) is 0 Å². The largest absolute Gasteiger partial charge is 0.373 e. The number of rotatable bonds is 2. The Morgan fingerprint density at radius 1 is 1.33 bits per heavy atom. The highest BCUT2D eigenvalue weighted by molar-refractivity contribution is 6.30. The maximum atomic E-state index is 5.92. The van der Waals surface area contributed by atoms with Crippen molar-refractivity contribution in [3.63, 3.8) is 0 Å². The summed E-state index contributed by atoms with van der Waals surface area (Å²) in [4.78, 5) is 1.95. The summed E-state index contributed by atoms with van der Waals surface area (Å²) in [5.74, 6) is 0. The van der Waals surface area contributed by atoms with E-state index >= 15 is 0 Å². The molecule has 78 valence electrons. The molecule has 0 saturated carbocycles. The van der Waals surface area contributed by atoms with Gasteiger partial charge in [0.25, 0.3) is 0 Å². The molecule has 1 aromatic carbocycles. The average molecular weight is 223 g/mol. The lowest BCUT2D eigenvalue weighted by Gasteiger charge is -2.10. The van der Waals surface area contributed by atoms with Gasteiger partial charge in [0.1, 0.15) is 17.6 Å². The molecule has 1 heterocycles. The van der Waals surface area contributed by atoms with Gasteiger partial charge in [-0.05, 0) is 12.1 Å². The molecule has 0 aliphatic carbocycles. The molecular formula is C11H11ClN2O. The van der Waals surface area contributed by atoms with E-state index in [-0.39, 0.29) is 0 Å². The monoisotopic (exact) mass is 222 g/mol. The van der Waals surface area contributed by atoms with Crippen LogP contribution in [0.3, 0.4) is 0 Å². The lowest BCUT2D eigenvalue weighted by Crippen LogP contribution is -2.08. The highest BCUT2D eigenvalue weighted by atomic mass is 35.5. The van der Waals surface area contributed by atoms with Crippen LogP contribution in [0.5, 0.6) is 0 Å². The molecule has 0 atom stereocenters. The molecule has 1 aromatic heterocycles. The normalized spacial score (nSPS) is 10.3. The van der Waals surface area contributed by atoms with E-state index in [1.54, 1.807) is 6.26 Å². The van der Waals surface area contributed by atoms with Crippen molar-refractivity contribution in [2.24, 2.45) is 0 Å². The van der Waals surface area contributed by atoms with Gasteiger partial charge in [-0.3, -0.25) is 0 Å². The summed E-state index contributed by atoms with van der Waals surface area (Å²) in [6.45, 7) is 0. The SMILES string of the molecule is CN(C)c1conc1-c1cccc(Cl)c1. The Bertz CT molecular complexity index is 465. The smallest absolute Gasteiger partial charge is 0.147 e. The van der Waals surface area contributed by atoms with Crippen molar-refractivity contribution in [3.05, 3.63) is 35.6 Å². The quantitative estimate of drug-likeness (QED) is 0.782. The average Bonchev–Trinajstić information content (AvgIpc) is 2.65. The van der Waals surface area contributed by atoms with E-state index in [2.05, 4.69) is 5.16 Å². The fourth-order valence-electron chi connectivity index (χ4n) is 1.39. The molecule has 0 aliphatic rings. The van der Waals surface area contributed by atoms with Crippen LogP contribution in [0.25, 0.3) is 11.3 Å². The fraction of sp³-hybridized carbons (Fsp3) is 0.182. The first-order valence-corrected chi connectivity index (χ1v) is 4.94. The summed E-state index contributed by atoms with van der Waals surface area (Å²) in [5.41, 5.74) is 2.71. The molecule has 0 radical (unpaired) electrons. The third kappa shape index (κ3) is 1.97. The minimum Gasteiger partial charge on any atom is -0.373 e. The van der Waals surface area contributed by atoms with Gasteiger partial charge in [-0.1, -0.05) is 28.9 Å². The third-order valence-corrected chi connectivity index (χ3v) is 2.37. The Kier molecular flexibility index (Phi) is 2.64. The summed E-state index contributed by atoms with van der Waals surface area (Å²) < 4.78 is 4.97. The topological polar surface area (TPSA) is 29.3 Å². The Labute approximate surface area is 93.2 Å². The summed E-state index contributed by atoms with van der Waals surface area (Å²) >= 11 is 5.92. The van der Waals surface area contributed by atoms with Gasteiger partial charge in [-0.25, -0.2) is 0 Å². The predicted molar refractivity (Wildman–Crippen MR) is 61.3 cm³/mol. The highest BCUT2D eigenvalue weighted by Gasteiger charge is 2.11. The van der Waals surface area contributed by atoms with Crippen LogP contribution in [0.1, 0.15) is 0 Å². The number of aromatic nitrogens is 1. The molecule has 0 saturated heterocycles. The lowest BCUT2D eigenvalue weighted by molar-refractivity contribution is 0.422. The first-order chi connectivity index (χ1) is 7.18. The minimum absolute atomic E-state index is 0.695. The number of hydrogen-bond donors (Lipinski definition) is 0. The molecule has 0 spiro atoms. The van der Waals surface area contributed by atoms with Crippen LogP contribution < -0.4 is 4.90 Å². The van der Waals surface area contributed by atoms with E-state index in [1.165, 1.54) is 0 Å². The van der Waals surface area contributed by atoms with Gasteiger partial charge in [-0.15, -0.1) is 0 Å². The molecule has 0 N–H and O–H groups in total. The summed E-state index contributed by atoms with van der Waals surface area (Å²) in [6.07, 6.45) is 1.62. The van der Waals surface area contributed by atoms with Crippen molar-refractivity contribution in [1.82, 2.24) is 5.16 Å². The van der Waals surface area contributed by atoms with Crippen molar-refractivity contribution in [2.45, 2.75) is 0 Å². The van der Waals surface area contributed by atoms with Crippen LogP contribution in [0, 0.1) is 0 Å². The number of nitrogens with zero attached hydrogens (tertiary/aromatic N) is 2. The molecule has 0 amide bonds. The van der Waals surface area contributed by atoms with E-state index in [1.807, 2.05) is 43.3 Å². The molecule has 2 rings (SSSR count). The first kappa shape index (κ1) is 10.1. The maximum Gasteiger partial charge on any atom is 0.147 e. The Morgan fingerprint density at radius 3 is 2.80 bits per heavy atom. The number of hydrogen-bond acceptors (Lipinski definition) is 3. The minimum atomic E-state index is 0.695. The molecule has 15 heavy (non-hydrogen) atoms. The first-order valence-electron chi connectivity index (χ1n) is 4.56. The van der Waals surface area contributed by atoms with Gasteiger partial charge in [0.15, 0.2) is 0 Å². The van der Waals surface area contributed by atoms with Crippen LogP contribution in [0.15, 0.2) is 35.1 Å². The Morgan fingerprint density at radius 2 is 2.13 bits per heavy atom. The molecule has 2 aromatic rings. The van der Waals surface area contributed by atoms with E-state index in [4.69, 9.17) is 16.1 Å². The van der Waals surface area contributed by atoms with Crippen molar-refractivity contribution in [2.75, 3.05) is 19.0 Å². The highest BCUT2D eigenvalue weighted by Crippen LogP contribution is 2.29. The van der Waals surface area contributed by atoms with Gasteiger partial charge >= 0.3 is 0 Å². The zero-order chi connectivity index (χ0) is 10.8. The van der Waals surface area contributed by atoms with Gasteiger partial charge in [0.05, 0.1) is 0 Å². The second kappa shape index (κ2) is 3.95. The van der Waals surface area contributed by atoms with Crippen LogP contribution >= 0.6 is 11.6 Å². The molecule has 3 nitrogen and oxygen atoms in total. The Hall–Kier alpha value is -1.48. The van der Waals surface area contributed by atoms with E-state index < -0.39 is 0 Å². The molecular weight excluding hydrogens is 212 g/mol. The molecule has 0 bridgehead atoms. The van der Waals surface area contributed by atoms with Gasteiger partial charge in [-0.2, -0.15) is 0 Å². The zero-order valence-electron chi connectivity index (χ0n) is 8.57. The molecule has 0 aliphatic heterocycles. The van der Waals surface area contributed by atoms with E-state index in [0.29, 0.717) is 5.02 Å². The predicted octanol–water partition coefficient (Wildman–Crippen LogP) is 3.06. The van der Waals surface area contributed by atoms with Crippen molar-refractivity contribution >= 4 is 17.3 Å². The lowest BCUT2D eigenvalue weighted by atomic mass is 10.1. The van der Waals surface area contributed by atoms with E-state index in [9.17, 15) is 0 Å². The van der Waals surface area contributed by atoms with E-state index in [0.717, 1.165) is 16.9 Å². The summed E-state index contributed by atoms with van der Waals surface area (Å²) in [7, 11) is 3.89. The standard InChI is InChI=1S/C11H11ClN2O/c1-14(2)10-7-15-13-11(10)8-4-3-5-9(12)6-8/h3-7H,1-2H3. The summed E-state index contributed by atoms with van der Waals surface area (Å²) in [5, 5.41) is 4.67. The van der Waals surface area contributed by atoms with Crippen LogP contribution in [-0.4, -0.2) is 19.3 Å². The van der Waals surface area contributed by atoms with Gasteiger partial charge < -0.3 is 9.42 Å². The van der Waals surface area contributed by atoms with Crippen LogP contribution in [0.4, 0.5) is 5.69 Å². The number of halogens is 1. The molecule has 4 heteroatoms. The van der Waals surface area contributed by atoms with Gasteiger partial charge in [0.2, 0.25) is 0 Å². The molecule has 0 unspecified atom stereocenters. The van der Waals surface area contributed by atoms with Crippen LogP contribution in [-0.2, 0) is 0 Å². The van der Waals surface area contributed by atoms with Crippen molar-refractivity contribution in [3.8, 4) is 11.3 Å². The van der Waals surface area contributed by atoms with Crippen molar-refractivity contribution < 1.29 is 4.52 Å². The zero-order valence-corrected chi connectivity index (χ0v) is 9.32. The van der Waals surface area contributed by atoms with Crippen LogP contribution in [0.2, 0.25) is 5.02 Å². The number of anilines is 1. The Balaban J connectivity index is 2.49. The second-order valence-electron chi connectivity index (χ2n) is 3.45. The van der Waals surface area contributed by atoms with Gasteiger partial charge in [0, 0.05) is 24.7 Å².